The number of nitrogens with zero attached hydrogens (tertiary/aromatic N) is 1. The van der Waals surface area contributed by atoms with Gasteiger partial charge in [-0.1, -0.05) is 11.6 Å². The molecule has 0 saturated carbocycles. The van der Waals surface area contributed by atoms with Crippen molar-refractivity contribution in [1.29, 1.82) is 5.41 Å². The lowest BCUT2D eigenvalue weighted by atomic mass is 10.3. The van der Waals surface area contributed by atoms with Gasteiger partial charge < -0.3 is 10.5 Å². The van der Waals surface area contributed by atoms with Gasteiger partial charge in [0.15, 0.2) is 0 Å². The van der Waals surface area contributed by atoms with Crippen LogP contribution in [0.2, 0.25) is 5.02 Å². The van der Waals surface area contributed by atoms with Gasteiger partial charge in [-0.15, -0.1) is 11.3 Å². The van der Waals surface area contributed by atoms with Gasteiger partial charge in [-0.25, -0.2) is 4.98 Å². The minimum absolute atomic E-state index is 0.0280. The summed E-state index contributed by atoms with van der Waals surface area (Å²) in [7, 11) is 0. The van der Waals surface area contributed by atoms with E-state index in [2.05, 4.69) is 4.98 Å². The second-order valence-electron chi connectivity index (χ2n) is 3.27. The first kappa shape index (κ1) is 11.9. The van der Waals surface area contributed by atoms with E-state index >= 15 is 0 Å². The maximum Gasteiger partial charge on any atom is 0.140 e. The highest BCUT2D eigenvalue weighted by molar-refractivity contribution is 7.13. The third-order valence-corrected chi connectivity index (χ3v) is 3.25. The number of amidine groups is 1. The maximum atomic E-state index is 7.26. The summed E-state index contributed by atoms with van der Waals surface area (Å²) in [4.78, 5) is 4.77. The van der Waals surface area contributed by atoms with Crippen LogP contribution in [0.3, 0.4) is 0 Å². The first-order valence-electron chi connectivity index (χ1n) is 4.82. The quantitative estimate of drug-likeness (QED) is 0.661. The highest BCUT2D eigenvalue weighted by Crippen LogP contribution is 2.18. The van der Waals surface area contributed by atoms with Gasteiger partial charge >= 0.3 is 0 Å². The van der Waals surface area contributed by atoms with Gasteiger partial charge in [0.25, 0.3) is 0 Å². The van der Waals surface area contributed by atoms with Gasteiger partial charge in [-0.3, -0.25) is 5.41 Å². The minimum Gasteiger partial charge on any atom is -0.486 e. The molecule has 6 heteroatoms. The van der Waals surface area contributed by atoms with E-state index in [1.54, 1.807) is 30.5 Å². The minimum atomic E-state index is 0.0280. The Morgan fingerprint density at radius 3 is 2.71 bits per heavy atom. The first-order valence-corrected chi connectivity index (χ1v) is 6.02. The Labute approximate surface area is 108 Å². The van der Waals surface area contributed by atoms with Crippen molar-refractivity contribution in [3.63, 3.8) is 0 Å². The van der Waals surface area contributed by atoms with Crippen molar-refractivity contribution in [2.75, 3.05) is 0 Å². The number of hydrogen-bond acceptors (Lipinski definition) is 4. The van der Waals surface area contributed by atoms with Gasteiger partial charge in [-0.2, -0.15) is 0 Å². The summed E-state index contributed by atoms with van der Waals surface area (Å²) in [6.07, 6.45) is 1.58. The maximum absolute atomic E-state index is 7.26. The van der Waals surface area contributed by atoms with E-state index in [0.29, 0.717) is 16.5 Å². The molecular formula is C11H10ClN3OS. The highest BCUT2D eigenvalue weighted by atomic mass is 35.5. The molecule has 2 aromatic rings. The molecule has 0 bridgehead atoms. The van der Waals surface area contributed by atoms with Crippen LogP contribution < -0.4 is 10.5 Å². The predicted molar refractivity (Wildman–Crippen MR) is 68.9 cm³/mol. The van der Waals surface area contributed by atoms with Crippen LogP contribution in [0.1, 0.15) is 9.88 Å². The molecule has 17 heavy (non-hydrogen) atoms. The fourth-order valence-electron chi connectivity index (χ4n) is 1.18. The topological polar surface area (TPSA) is 72.0 Å². The molecule has 0 unspecified atom stereocenters. The third-order valence-electron chi connectivity index (χ3n) is 1.99. The van der Waals surface area contributed by atoms with Crippen molar-refractivity contribution in [3.8, 4) is 5.75 Å². The van der Waals surface area contributed by atoms with E-state index < -0.39 is 0 Å². The van der Waals surface area contributed by atoms with Crippen molar-refractivity contribution in [2.24, 2.45) is 5.73 Å². The number of benzene rings is 1. The molecule has 1 aromatic carbocycles. The molecule has 0 amide bonds. The SMILES string of the molecule is N=C(N)c1cnc(COc2ccc(Cl)cc2)s1. The lowest BCUT2D eigenvalue weighted by molar-refractivity contribution is 0.305. The van der Waals surface area contributed by atoms with Gasteiger partial charge in [0.2, 0.25) is 0 Å². The normalized spacial score (nSPS) is 10.2. The molecule has 0 aliphatic rings. The monoisotopic (exact) mass is 267 g/mol. The zero-order chi connectivity index (χ0) is 12.3. The standard InChI is InChI=1S/C11H10ClN3OS/c12-7-1-3-8(4-2-7)16-6-10-15-5-9(17-10)11(13)14/h1-5H,6H2,(H3,13,14). The van der Waals surface area contributed by atoms with Crippen LogP contribution in [0.25, 0.3) is 0 Å². The average Bonchev–Trinajstić information content (AvgIpc) is 2.77. The van der Waals surface area contributed by atoms with Crippen molar-refractivity contribution in [2.45, 2.75) is 6.61 Å². The Morgan fingerprint density at radius 1 is 1.41 bits per heavy atom. The molecule has 0 aliphatic carbocycles. The van der Waals surface area contributed by atoms with Crippen LogP contribution in [-0.4, -0.2) is 10.8 Å². The molecule has 4 nitrogen and oxygen atoms in total. The van der Waals surface area contributed by atoms with E-state index in [4.69, 9.17) is 27.5 Å². The second-order valence-corrected chi connectivity index (χ2v) is 4.83. The second kappa shape index (κ2) is 5.16. The van der Waals surface area contributed by atoms with Crippen LogP contribution in [0, 0.1) is 5.41 Å². The summed E-state index contributed by atoms with van der Waals surface area (Å²) in [5.41, 5.74) is 5.35. The van der Waals surface area contributed by atoms with Crippen LogP contribution in [-0.2, 0) is 6.61 Å². The highest BCUT2D eigenvalue weighted by Gasteiger charge is 2.04. The van der Waals surface area contributed by atoms with Crippen molar-refractivity contribution >= 4 is 28.8 Å². The lowest BCUT2D eigenvalue weighted by Gasteiger charge is -2.03. The fraction of sp³-hybridized carbons (Fsp3) is 0.0909. The summed E-state index contributed by atoms with van der Waals surface area (Å²) in [6, 6.07) is 7.11. The van der Waals surface area contributed by atoms with Gasteiger partial charge in [0.05, 0.1) is 4.88 Å². The Bertz CT molecular complexity index is 524. The van der Waals surface area contributed by atoms with Crippen molar-refractivity contribution in [3.05, 3.63) is 45.4 Å². The molecule has 0 saturated heterocycles. The molecule has 88 valence electrons. The number of ether oxygens (including phenoxy) is 1. The number of hydrogen-bond donors (Lipinski definition) is 2. The zero-order valence-electron chi connectivity index (χ0n) is 8.81. The van der Waals surface area contributed by atoms with Crippen LogP contribution in [0.4, 0.5) is 0 Å². The number of nitrogens with one attached hydrogen (secondary N) is 1. The van der Waals surface area contributed by atoms with Crippen molar-refractivity contribution < 1.29 is 4.74 Å². The molecule has 3 N–H and O–H groups in total. The number of thiazole rings is 1. The van der Waals surface area contributed by atoms with Crippen LogP contribution in [0.15, 0.2) is 30.5 Å². The first-order chi connectivity index (χ1) is 8.15. The third kappa shape index (κ3) is 3.18. The predicted octanol–water partition coefficient (Wildman–Crippen LogP) is 2.66. The summed E-state index contributed by atoms with van der Waals surface area (Å²) in [6.45, 7) is 0.361. The Morgan fingerprint density at radius 2 is 2.12 bits per heavy atom. The number of halogens is 1. The molecule has 0 atom stereocenters. The number of nitrogens with two attached hydrogens (primary N) is 1. The summed E-state index contributed by atoms with van der Waals surface area (Å²) in [5.74, 6) is 0.759. The van der Waals surface area contributed by atoms with E-state index in [1.165, 1.54) is 11.3 Å². The summed E-state index contributed by atoms with van der Waals surface area (Å²) >= 11 is 7.12. The molecule has 0 spiro atoms. The van der Waals surface area contributed by atoms with E-state index in [1.807, 2.05) is 0 Å². The number of nitrogen functional groups attached to an aromatic ring is 1. The molecule has 2 rings (SSSR count). The molecular weight excluding hydrogens is 258 g/mol. The molecule has 1 aromatic heterocycles. The smallest absolute Gasteiger partial charge is 0.140 e. The number of rotatable bonds is 4. The summed E-state index contributed by atoms with van der Waals surface area (Å²) < 4.78 is 5.52. The van der Waals surface area contributed by atoms with E-state index in [-0.39, 0.29) is 5.84 Å². The van der Waals surface area contributed by atoms with Crippen molar-refractivity contribution in [1.82, 2.24) is 4.98 Å². The average molecular weight is 268 g/mol. The van der Waals surface area contributed by atoms with Gasteiger partial charge in [-0.05, 0) is 24.3 Å². The molecule has 0 fully saturated rings. The van der Waals surface area contributed by atoms with Gasteiger partial charge in [0.1, 0.15) is 23.2 Å². The summed E-state index contributed by atoms with van der Waals surface area (Å²) in [5, 5.41) is 8.72. The van der Waals surface area contributed by atoms with E-state index in [9.17, 15) is 0 Å². The molecule has 0 radical (unpaired) electrons. The molecule has 1 heterocycles. The van der Waals surface area contributed by atoms with Crippen LogP contribution in [0.5, 0.6) is 5.75 Å². The largest absolute Gasteiger partial charge is 0.486 e. The number of aromatic nitrogens is 1. The van der Waals surface area contributed by atoms with Crippen LogP contribution >= 0.6 is 22.9 Å². The zero-order valence-corrected chi connectivity index (χ0v) is 10.4. The fourth-order valence-corrected chi connectivity index (χ4v) is 2.00. The molecule has 0 aliphatic heterocycles. The Kier molecular flexibility index (Phi) is 3.61. The lowest BCUT2D eigenvalue weighted by Crippen LogP contribution is -2.08. The van der Waals surface area contributed by atoms with E-state index in [0.717, 1.165) is 10.8 Å². The Hall–Kier alpha value is -1.59. The van der Waals surface area contributed by atoms with Gasteiger partial charge in [0, 0.05) is 11.2 Å². The Balaban J connectivity index is 1.97.